The van der Waals surface area contributed by atoms with Gasteiger partial charge in [0.1, 0.15) is 5.75 Å². The van der Waals surface area contributed by atoms with Gasteiger partial charge in [0.15, 0.2) is 0 Å². The fourth-order valence-corrected chi connectivity index (χ4v) is 2.86. The number of hydrogen-bond acceptors (Lipinski definition) is 4. The van der Waals surface area contributed by atoms with Crippen LogP contribution in [-0.4, -0.2) is 42.5 Å². The van der Waals surface area contributed by atoms with E-state index in [1.165, 1.54) is 0 Å². The second kappa shape index (κ2) is 8.70. The molecular weight excluding hydrogens is 314 g/mol. The first-order chi connectivity index (χ1) is 11.9. The van der Waals surface area contributed by atoms with Crippen molar-refractivity contribution in [3.05, 3.63) is 30.5 Å². The highest BCUT2D eigenvalue weighted by Crippen LogP contribution is 2.27. The van der Waals surface area contributed by atoms with Gasteiger partial charge in [-0.1, -0.05) is 33.8 Å². The zero-order valence-corrected chi connectivity index (χ0v) is 15.9. The standard InChI is InChI=1S/C20H29N3O2/c1-14(2)12-23(13-15(3)4)19(24)11-22-18-10-17(25-5)9-16-7-6-8-21-20(16)18/h6-10,14-15,22H,11-13H2,1-5H3. The van der Waals surface area contributed by atoms with Crippen LogP contribution in [0.1, 0.15) is 27.7 Å². The molecule has 0 bridgehead atoms. The molecule has 0 saturated heterocycles. The SMILES string of the molecule is COc1cc(NCC(=O)N(CC(C)C)CC(C)C)c2ncccc2c1. The van der Waals surface area contributed by atoms with Gasteiger partial charge in [-0.05, 0) is 24.0 Å². The van der Waals surface area contributed by atoms with Crippen LogP contribution in [0.2, 0.25) is 0 Å². The van der Waals surface area contributed by atoms with E-state index in [0.717, 1.165) is 35.4 Å². The van der Waals surface area contributed by atoms with Crippen LogP contribution in [0.15, 0.2) is 30.5 Å². The minimum Gasteiger partial charge on any atom is -0.497 e. The van der Waals surface area contributed by atoms with Crippen molar-refractivity contribution in [2.75, 3.05) is 32.1 Å². The van der Waals surface area contributed by atoms with E-state index in [1.807, 2.05) is 29.2 Å². The van der Waals surface area contributed by atoms with Crippen molar-refractivity contribution in [3.63, 3.8) is 0 Å². The molecule has 2 rings (SSSR count). The maximum absolute atomic E-state index is 12.7. The number of amides is 1. The van der Waals surface area contributed by atoms with Crippen molar-refractivity contribution in [2.24, 2.45) is 11.8 Å². The number of fused-ring (bicyclic) bond motifs is 1. The maximum atomic E-state index is 12.7. The number of pyridine rings is 1. The van der Waals surface area contributed by atoms with Crippen LogP contribution >= 0.6 is 0 Å². The van der Waals surface area contributed by atoms with E-state index in [1.54, 1.807) is 13.3 Å². The van der Waals surface area contributed by atoms with E-state index in [9.17, 15) is 4.79 Å². The summed E-state index contributed by atoms with van der Waals surface area (Å²) in [5, 5.41) is 4.24. The van der Waals surface area contributed by atoms with Crippen molar-refractivity contribution in [1.82, 2.24) is 9.88 Å². The fourth-order valence-electron chi connectivity index (χ4n) is 2.86. The van der Waals surface area contributed by atoms with Gasteiger partial charge < -0.3 is 15.0 Å². The molecule has 0 aliphatic rings. The molecule has 1 amide bonds. The highest BCUT2D eigenvalue weighted by atomic mass is 16.5. The van der Waals surface area contributed by atoms with Crippen molar-refractivity contribution in [1.29, 1.82) is 0 Å². The molecule has 0 atom stereocenters. The lowest BCUT2D eigenvalue weighted by Gasteiger charge is -2.26. The Balaban J connectivity index is 2.16. The van der Waals surface area contributed by atoms with Gasteiger partial charge in [0.25, 0.3) is 0 Å². The summed E-state index contributed by atoms with van der Waals surface area (Å²) in [6.45, 7) is 10.3. The summed E-state index contributed by atoms with van der Waals surface area (Å²) in [5.74, 6) is 1.75. The van der Waals surface area contributed by atoms with Crippen LogP contribution in [0.5, 0.6) is 5.75 Å². The normalized spacial score (nSPS) is 11.2. The maximum Gasteiger partial charge on any atom is 0.241 e. The summed E-state index contributed by atoms with van der Waals surface area (Å²) in [7, 11) is 1.64. The molecule has 25 heavy (non-hydrogen) atoms. The molecule has 1 N–H and O–H groups in total. The Morgan fingerprint density at radius 2 is 1.88 bits per heavy atom. The van der Waals surface area contributed by atoms with E-state index in [4.69, 9.17) is 4.74 Å². The van der Waals surface area contributed by atoms with E-state index in [-0.39, 0.29) is 12.5 Å². The Bertz CT molecular complexity index is 703. The third kappa shape index (κ3) is 5.34. The predicted octanol–water partition coefficient (Wildman–Crippen LogP) is 3.80. The Kier molecular flexibility index (Phi) is 6.62. The molecule has 1 heterocycles. The number of anilines is 1. The number of nitrogens with one attached hydrogen (secondary N) is 1. The molecule has 136 valence electrons. The second-order valence-electron chi connectivity index (χ2n) is 7.19. The van der Waals surface area contributed by atoms with E-state index >= 15 is 0 Å². The molecule has 0 saturated carbocycles. The molecule has 0 aliphatic heterocycles. The number of aromatic nitrogens is 1. The zero-order chi connectivity index (χ0) is 18.4. The summed E-state index contributed by atoms with van der Waals surface area (Å²) in [4.78, 5) is 19.1. The number of benzene rings is 1. The number of rotatable bonds is 8. The van der Waals surface area contributed by atoms with Gasteiger partial charge in [0.05, 0.1) is 24.9 Å². The first-order valence-electron chi connectivity index (χ1n) is 8.85. The zero-order valence-electron chi connectivity index (χ0n) is 15.9. The largest absolute Gasteiger partial charge is 0.497 e. The van der Waals surface area contributed by atoms with E-state index in [0.29, 0.717) is 11.8 Å². The lowest BCUT2D eigenvalue weighted by Crippen LogP contribution is -2.40. The molecule has 0 unspecified atom stereocenters. The van der Waals surface area contributed by atoms with E-state index in [2.05, 4.69) is 38.0 Å². The average Bonchev–Trinajstić information content (AvgIpc) is 2.57. The van der Waals surface area contributed by atoms with Gasteiger partial charge in [-0.2, -0.15) is 0 Å². The third-order valence-electron chi connectivity index (χ3n) is 3.87. The number of methoxy groups -OCH3 is 1. The highest BCUT2D eigenvalue weighted by Gasteiger charge is 2.16. The van der Waals surface area contributed by atoms with Crippen LogP contribution in [-0.2, 0) is 4.79 Å². The first kappa shape index (κ1) is 19.0. The molecule has 1 aromatic heterocycles. The van der Waals surface area contributed by atoms with Crippen LogP contribution in [0, 0.1) is 11.8 Å². The second-order valence-corrected chi connectivity index (χ2v) is 7.19. The summed E-state index contributed by atoms with van der Waals surface area (Å²) in [5.41, 5.74) is 1.66. The molecule has 5 nitrogen and oxygen atoms in total. The third-order valence-corrected chi connectivity index (χ3v) is 3.87. The fraction of sp³-hybridized carbons (Fsp3) is 0.500. The average molecular weight is 343 g/mol. The minimum atomic E-state index is 0.106. The molecule has 0 fully saturated rings. The summed E-state index contributed by atoms with van der Waals surface area (Å²) >= 11 is 0. The van der Waals surface area contributed by atoms with Crippen LogP contribution in [0.3, 0.4) is 0 Å². The van der Waals surface area contributed by atoms with Crippen LogP contribution < -0.4 is 10.1 Å². The predicted molar refractivity (Wildman–Crippen MR) is 103 cm³/mol. The Morgan fingerprint density at radius 1 is 1.20 bits per heavy atom. The minimum absolute atomic E-state index is 0.106. The Hall–Kier alpha value is -2.30. The van der Waals surface area contributed by atoms with Gasteiger partial charge in [-0.25, -0.2) is 0 Å². The Labute approximate surface area is 150 Å². The molecular formula is C20H29N3O2. The molecule has 5 heteroatoms. The molecule has 1 aromatic carbocycles. The lowest BCUT2D eigenvalue weighted by molar-refractivity contribution is -0.130. The van der Waals surface area contributed by atoms with Gasteiger partial charge in [-0.3, -0.25) is 9.78 Å². The van der Waals surface area contributed by atoms with Gasteiger partial charge in [0.2, 0.25) is 5.91 Å². The molecule has 0 aliphatic carbocycles. The molecule has 0 radical (unpaired) electrons. The Morgan fingerprint density at radius 3 is 2.48 bits per heavy atom. The van der Waals surface area contributed by atoms with Crippen molar-refractivity contribution in [3.8, 4) is 5.75 Å². The monoisotopic (exact) mass is 343 g/mol. The summed E-state index contributed by atoms with van der Waals surface area (Å²) < 4.78 is 5.36. The van der Waals surface area contributed by atoms with Gasteiger partial charge >= 0.3 is 0 Å². The number of carbonyl (C=O) groups is 1. The summed E-state index contributed by atoms with van der Waals surface area (Å²) in [6, 6.07) is 7.71. The number of carbonyl (C=O) groups excluding carboxylic acids is 1. The lowest BCUT2D eigenvalue weighted by atomic mass is 10.1. The smallest absolute Gasteiger partial charge is 0.241 e. The number of nitrogens with zero attached hydrogens (tertiary/aromatic N) is 2. The number of ether oxygens (including phenoxy) is 1. The van der Waals surface area contributed by atoms with Gasteiger partial charge in [-0.15, -0.1) is 0 Å². The van der Waals surface area contributed by atoms with E-state index < -0.39 is 0 Å². The van der Waals surface area contributed by atoms with Crippen molar-refractivity contribution in [2.45, 2.75) is 27.7 Å². The molecule has 0 spiro atoms. The molecule has 2 aromatic rings. The highest BCUT2D eigenvalue weighted by molar-refractivity contribution is 5.93. The first-order valence-corrected chi connectivity index (χ1v) is 8.85. The number of hydrogen-bond donors (Lipinski definition) is 1. The summed E-state index contributed by atoms with van der Waals surface area (Å²) in [6.07, 6.45) is 1.76. The van der Waals surface area contributed by atoms with Crippen molar-refractivity contribution >= 4 is 22.5 Å². The van der Waals surface area contributed by atoms with Crippen LogP contribution in [0.25, 0.3) is 10.9 Å². The van der Waals surface area contributed by atoms with Crippen LogP contribution in [0.4, 0.5) is 5.69 Å². The van der Waals surface area contributed by atoms with Crippen molar-refractivity contribution < 1.29 is 9.53 Å². The van der Waals surface area contributed by atoms with Gasteiger partial charge in [0, 0.05) is 30.7 Å². The topological polar surface area (TPSA) is 54.5 Å². The quantitative estimate of drug-likeness (QED) is 0.792.